The molecule has 1 N–H and O–H groups in total. The van der Waals surface area contributed by atoms with E-state index in [0.717, 1.165) is 27.0 Å². The molecule has 0 spiro atoms. The summed E-state index contributed by atoms with van der Waals surface area (Å²) in [5.41, 5.74) is 1.77. The maximum atomic E-state index is 12.5. The van der Waals surface area contributed by atoms with Crippen molar-refractivity contribution in [2.24, 2.45) is 4.99 Å². The Kier molecular flexibility index (Phi) is 4.58. The van der Waals surface area contributed by atoms with Gasteiger partial charge in [0.05, 0.1) is 16.9 Å². The summed E-state index contributed by atoms with van der Waals surface area (Å²) >= 11 is 3.64. The Balaban J connectivity index is 1.87. The molecule has 0 radical (unpaired) electrons. The summed E-state index contributed by atoms with van der Waals surface area (Å²) in [7, 11) is 0. The van der Waals surface area contributed by atoms with E-state index in [4.69, 9.17) is 0 Å². The average Bonchev–Trinajstić information content (AvgIpc) is 2.96. The third-order valence-corrected chi connectivity index (χ3v) is 4.60. The van der Waals surface area contributed by atoms with Crippen molar-refractivity contribution in [3.8, 4) is 11.3 Å². The molecule has 0 bridgehead atoms. The van der Waals surface area contributed by atoms with Crippen LogP contribution in [0.3, 0.4) is 0 Å². The summed E-state index contributed by atoms with van der Waals surface area (Å²) in [4.78, 5) is 8.13. The molecule has 0 aliphatic carbocycles. The second-order valence-corrected chi connectivity index (χ2v) is 6.85. The maximum absolute atomic E-state index is 12.5. The smallest absolute Gasteiger partial charge is 0.330 e. The predicted octanol–water partition coefficient (Wildman–Crippen LogP) is 5.60. The van der Waals surface area contributed by atoms with Crippen molar-refractivity contribution >= 4 is 39.6 Å². The summed E-state index contributed by atoms with van der Waals surface area (Å²) < 4.78 is 38.7. The number of H-pyrrole nitrogens is 1. The first-order chi connectivity index (χ1) is 10.9. The Hall–Kier alpha value is -1.61. The van der Waals surface area contributed by atoms with E-state index < -0.39 is 11.7 Å². The van der Waals surface area contributed by atoms with E-state index in [1.54, 1.807) is 0 Å². The molecule has 3 rings (SSSR count). The molecule has 1 heterocycles. The lowest BCUT2D eigenvalue weighted by atomic mass is 10.2. The molecule has 23 heavy (non-hydrogen) atoms. The third-order valence-electron chi connectivity index (χ3n) is 3.11. The molecule has 2 aromatic carbocycles. The van der Waals surface area contributed by atoms with Gasteiger partial charge < -0.3 is 4.98 Å². The summed E-state index contributed by atoms with van der Waals surface area (Å²) in [5.74, 6) is 0. The van der Waals surface area contributed by atoms with E-state index in [0.29, 0.717) is 10.5 Å². The largest absolute Gasteiger partial charge is 0.416 e. The van der Waals surface area contributed by atoms with Gasteiger partial charge in [0.15, 0.2) is 4.80 Å². The van der Waals surface area contributed by atoms with Gasteiger partial charge in [0.2, 0.25) is 0 Å². The molecule has 3 aromatic rings. The summed E-state index contributed by atoms with van der Waals surface area (Å²) in [6.45, 7) is 0. The van der Waals surface area contributed by atoms with E-state index in [2.05, 4.69) is 32.6 Å². The number of aromatic amines is 1. The van der Waals surface area contributed by atoms with Gasteiger partial charge in [-0.25, -0.2) is 4.99 Å². The highest BCUT2D eigenvalue weighted by Crippen LogP contribution is 2.30. The zero-order valence-electron chi connectivity index (χ0n) is 11.6. The zero-order chi connectivity index (χ0) is 16.4. The SMILES string of the molecule is FC(F)(F)c1ccc(N=c2[nH]c(-c3ccc(I)cc3)cs2)cc1. The Morgan fingerprint density at radius 2 is 1.61 bits per heavy atom. The Bertz CT molecular complexity index is 862. The molecule has 1 aromatic heterocycles. The normalized spacial score (nSPS) is 12.6. The van der Waals surface area contributed by atoms with Crippen LogP contribution in [-0.2, 0) is 6.18 Å². The lowest BCUT2D eigenvalue weighted by molar-refractivity contribution is -0.137. The first-order valence-electron chi connectivity index (χ1n) is 6.57. The highest BCUT2D eigenvalue weighted by molar-refractivity contribution is 14.1. The van der Waals surface area contributed by atoms with Crippen molar-refractivity contribution in [2.45, 2.75) is 6.18 Å². The molecule has 0 amide bonds. The van der Waals surface area contributed by atoms with Crippen LogP contribution >= 0.6 is 33.9 Å². The van der Waals surface area contributed by atoms with Crippen LogP contribution in [0.25, 0.3) is 11.3 Å². The predicted molar refractivity (Wildman–Crippen MR) is 93.5 cm³/mol. The van der Waals surface area contributed by atoms with Crippen molar-refractivity contribution in [3.05, 3.63) is 67.8 Å². The van der Waals surface area contributed by atoms with Gasteiger partial charge >= 0.3 is 6.18 Å². The number of alkyl halides is 3. The summed E-state index contributed by atoms with van der Waals surface area (Å²) in [5, 5.41) is 1.94. The first kappa shape index (κ1) is 16.3. The van der Waals surface area contributed by atoms with Gasteiger partial charge in [-0.3, -0.25) is 0 Å². The van der Waals surface area contributed by atoms with Crippen LogP contribution in [0, 0.1) is 3.57 Å². The van der Waals surface area contributed by atoms with E-state index in [-0.39, 0.29) is 0 Å². The van der Waals surface area contributed by atoms with Crippen molar-refractivity contribution in [1.82, 2.24) is 4.98 Å². The maximum Gasteiger partial charge on any atom is 0.416 e. The van der Waals surface area contributed by atoms with Crippen LogP contribution < -0.4 is 4.80 Å². The molecule has 0 saturated carbocycles. The van der Waals surface area contributed by atoms with Crippen LogP contribution in [0.5, 0.6) is 0 Å². The molecular formula is C16H10F3IN2S. The third kappa shape index (κ3) is 4.03. The van der Waals surface area contributed by atoms with E-state index in [1.165, 1.54) is 23.5 Å². The van der Waals surface area contributed by atoms with Gasteiger partial charge in [-0.1, -0.05) is 12.1 Å². The number of nitrogens with zero attached hydrogens (tertiary/aromatic N) is 1. The Morgan fingerprint density at radius 1 is 0.957 bits per heavy atom. The lowest BCUT2D eigenvalue weighted by Gasteiger charge is -2.05. The topological polar surface area (TPSA) is 28.1 Å². The first-order valence-corrected chi connectivity index (χ1v) is 8.53. The van der Waals surface area contributed by atoms with Crippen molar-refractivity contribution in [1.29, 1.82) is 0 Å². The minimum Gasteiger partial charge on any atom is -0.330 e. The average molecular weight is 446 g/mol. The minimum atomic E-state index is -4.33. The van der Waals surface area contributed by atoms with Gasteiger partial charge in [-0.2, -0.15) is 13.2 Å². The highest BCUT2D eigenvalue weighted by Gasteiger charge is 2.29. The Morgan fingerprint density at radius 3 is 2.22 bits per heavy atom. The van der Waals surface area contributed by atoms with E-state index in [9.17, 15) is 13.2 Å². The Labute approximate surface area is 147 Å². The number of hydrogen-bond acceptors (Lipinski definition) is 2. The van der Waals surface area contributed by atoms with Crippen LogP contribution in [-0.4, -0.2) is 4.98 Å². The standard InChI is InChI=1S/C16H10F3IN2S/c17-16(18,19)11-3-7-13(8-4-11)21-15-22-14(9-23-15)10-1-5-12(20)6-2-10/h1-9H,(H,21,22). The fraction of sp³-hybridized carbons (Fsp3) is 0.0625. The number of thiazole rings is 1. The van der Waals surface area contributed by atoms with Gasteiger partial charge in [0.25, 0.3) is 0 Å². The minimum absolute atomic E-state index is 0.477. The number of rotatable bonds is 2. The molecule has 0 aliphatic heterocycles. The number of nitrogens with one attached hydrogen (secondary N) is 1. The van der Waals surface area contributed by atoms with Crippen molar-refractivity contribution < 1.29 is 13.2 Å². The van der Waals surface area contributed by atoms with Gasteiger partial charge in [0, 0.05) is 8.95 Å². The molecule has 118 valence electrons. The lowest BCUT2D eigenvalue weighted by Crippen LogP contribution is -2.04. The molecule has 0 unspecified atom stereocenters. The fourth-order valence-electron chi connectivity index (χ4n) is 1.96. The van der Waals surface area contributed by atoms with Gasteiger partial charge in [-0.15, -0.1) is 11.3 Å². The second kappa shape index (κ2) is 6.48. The number of aromatic nitrogens is 1. The highest BCUT2D eigenvalue weighted by atomic mass is 127. The van der Waals surface area contributed by atoms with E-state index in [1.807, 2.05) is 29.6 Å². The van der Waals surface area contributed by atoms with Gasteiger partial charge in [-0.05, 0) is 64.6 Å². The van der Waals surface area contributed by atoms with Crippen molar-refractivity contribution in [2.75, 3.05) is 0 Å². The molecular weight excluding hydrogens is 436 g/mol. The van der Waals surface area contributed by atoms with E-state index >= 15 is 0 Å². The van der Waals surface area contributed by atoms with Crippen molar-refractivity contribution in [3.63, 3.8) is 0 Å². The molecule has 7 heteroatoms. The number of halogens is 4. The monoisotopic (exact) mass is 446 g/mol. The van der Waals surface area contributed by atoms with Crippen LogP contribution in [0.15, 0.2) is 58.9 Å². The number of hydrogen-bond donors (Lipinski definition) is 1. The van der Waals surface area contributed by atoms with Crippen LogP contribution in [0.1, 0.15) is 5.56 Å². The van der Waals surface area contributed by atoms with Crippen LogP contribution in [0.4, 0.5) is 18.9 Å². The quantitative estimate of drug-likeness (QED) is 0.497. The zero-order valence-corrected chi connectivity index (χ0v) is 14.5. The van der Waals surface area contributed by atoms with Crippen LogP contribution in [0.2, 0.25) is 0 Å². The number of benzene rings is 2. The molecule has 2 nitrogen and oxygen atoms in total. The second-order valence-electron chi connectivity index (χ2n) is 4.74. The molecule has 0 fully saturated rings. The molecule has 0 atom stereocenters. The molecule has 0 saturated heterocycles. The fourth-order valence-corrected chi connectivity index (χ4v) is 3.07. The molecule has 0 aliphatic rings. The summed E-state index contributed by atoms with van der Waals surface area (Å²) in [6.07, 6.45) is -4.33. The van der Waals surface area contributed by atoms with Gasteiger partial charge in [0.1, 0.15) is 0 Å². The summed E-state index contributed by atoms with van der Waals surface area (Å²) in [6, 6.07) is 12.8.